The van der Waals surface area contributed by atoms with Crippen molar-refractivity contribution in [1.29, 1.82) is 0 Å². The maximum atomic E-state index is 3.70. The molecule has 0 unspecified atom stereocenters. The number of nitrogens with one attached hydrogen (secondary N) is 1. The first kappa shape index (κ1) is 13.0. The van der Waals surface area contributed by atoms with Gasteiger partial charge in [-0.3, -0.25) is 0 Å². The summed E-state index contributed by atoms with van der Waals surface area (Å²) < 4.78 is 0. The van der Waals surface area contributed by atoms with E-state index in [0.717, 1.165) is 6.04 Å². The van der Waals surface area contributed by atoms with E-state index in [-0.39, 0.29) is 0 Å². The zero-order valence-electron chi connectivity index (χ0n) is 11.0. The molecule has 0 aliphatic carbocycles. The summed E-state index contributed by atoms with van der Waals surface area (Å²) in [5.74, 6) is 0. The highest BCUT2D eigenvalue weighted by molar-refractivity contribution is 4.97. The molecule has 2 heterocycles. The van der Waals surface area contributed by atoms with Crippen LogP contribution < -0.4 is 5.32 Å². The quantitative estimate of drug-likeness (QED) is 0.719. The Hall–Kier alpha value is -0.0800. The van der Waals surface area contributed by atoms with E-state index in [4.69, 9.17) is 0 Å². The molecule has 2 aliphatic rings. The minimum Gasteiger partial charge on any atom is -0.311 e. The van der Waals surface area contributed by atoms with Gasteiger partial charge in [-0.1, -0.05) is 13.8 Å². The summed E-state index contributed by atoms with van der Waals surface area (Å²) in [6.45, 7) is 12.5. The van der Waals surface area contributed by atoms with Gasteiger partial charge in [0, 0.05) is 24.7 Å². The molecule has 0 radical (unpaired) electrons. The number of rotatable bonds is 1. The lowest BCUT2D eigenvalue weighted by atomic mass is 9.86. The van der Waals surface area contributed by atoms with Crippen LogP contribution in [-0.2, 0) is 0 Å². The molecule has 0 bridgehead atoms. The Labute approximate surface area is 95.4 Å². The highest BCUT2D eigenvalue weighted by Gasteiger charge is 2.36. The van der Waals surface area contributed by atoms with E-state index in [1.165, 1.54) is 45.3 Å². The standard InChI is InChI=1S/C11H22N2.C2H6/c1-10(2)13-8-5-11(6-9-13)4-3-7-12-11;1-2/h10,12H,3-9H2,1-2H3;1-2H3. The Bertz CT molecular complexity index is 161. The van der Waals surface area contributed by atoms with Crippen LogP contribution in [-0.4, -0.2) is 36.1 Å². The Kier molecular flexibility index (Phi) is 5.07. The molecular formula is C13H28N2. The van der Waals surface area contributed by atoms with Crippen molar-refractivity contribution >= 4 is 0 Å². The van der Waals surface area contributed by atoms with Crippen molar-refractivity contribution in [1.82, 2.24) is 10.2 Å². The van der Waals surface area contributed by atoms with Crippen LogP contribution in [0.1, 0.15) is 53.4 Å². The molecule has 2 aliphatic heterocycles. The number of hydrogen-bond acceptors (Lipinski definition) is 2. The van der Waals surface area contributed by atoms with Crippen molar-refractivity contribution in [2.45, 2.75) is 65.0 Å². The highest BCUT2D eigenvalue weighted by Crippen LogP contribution is 2.31. The lowest BCUT2D eigenvalue weighted by molar-refractivity contribution is 0.121. The van der Waals surface area contributed by atoms with Crippen molar-refractivity contribution in [3.05, 3.63) is 0 Å². The third kappa shape index (κ3) is 3.18. The van der Waals surface area contributed by atoms with Crippen LogP contribution in [0.4, 0.5) is 0 Å². The maximum Gasteiger partial charge on any atom is 0.0206 e. The van der Waals surface area contributed by atoms with Crippen molar-refractivity contribution in [2.75, 3.05) is 19.6 Å². The van der Waals surface area contributed by atoms with E-state index < -0.39 is 0 Å². The number of nitrogens with zero attached hydrogens (tertiary/aromatic N) is 1. The number of piperidine rings is 1. The van der Waals surface area contributed by atoms with Crippen LogP contribution in [0, 0.1) is 0 Å². The second-order valence-corrected chi connectivity index (χ2v) is 4.94. The fourth-order valence-electron chi connectivity index (χ4n) is 2.76. The molecule has 2 fully saturated rings. The van der Waals surface area contributed by atoms with E-state index in [1.54, 1.807) is 0 Å². The monoisotopic (exact) mass is 212 g/mol. The number of likely N-dealkylation sites (tertiary alicyclic amines) is 1. The fraction of sp³-hybridized carbons (Fsp3) is 1.00. The van der Waals surface area contributed by atoms with E-state index in [0.29, 0.717) is 5.54 Å². The fourth-order valence-corrected chi connectivity index (χ4v) is 2.76. The summed E-state index contributed by atoms with van der Waals surface area (Å²) in [4.78, 5) is 2.60. The Morgan fingerprint density at radius 3 is 2.07 bits per heavy atom. The van der Waals surface area contributed by atoms with Gasteiger partial charge in [0.2, 0.25) is 0 Å². The Morgan fingerprint density at radius 1 is 1.07 bits per heavy atom. The van der Waals surface area contributed by atoms with Gasteiger partial charge in [-0.15, -0.1) is 0 Å². The summed E-state index contributed by atoms with van der Waals surface area (Å²) in [5, 5.41) is 3.70. The van der Waals surface area contributed by atoms with Gasteiger partial charge in [-0.25, -0.2) is 0 Å². The van der Waals surface area contributed by atoms with Gasteiger partial charge in [-0.05, 0) is 46.1 Å². The zero-order chi connectivity index (χ0) is 11.3. The molecule has 0 saturated carbocycles. The van der Waals surface area contributed by atoms with Gasteiger partial charge in [0.15, 0.2) is 0 Å². The summed E-state index contributed by atoms with van der Waals surface area (Å²) in [5.41, 5.74) is 0.547. The van der Waals surface area contributed by atoms with Crippen LogP contribution in [0.3, 0.4) is 0 Å². The molecule has 2 rings (SSSR count). The first-order valence-electron chi connectivity index (χ1n) is 6.71. The van der Waals surface area contributed by atoms with Gasteiger partial charge in [-0.2, -0.15) is 0 Å². The predicted molar refractivity (Wildman–Crippen MR) is 67.3 cm³/mol. The molecule has 15 heavy (non-hydrogen) atoms. The van der Waals surface area contributed by atoms with Gasteiger partial charge >= 0.3 is 0 Å². The molecule has 2 heteroatoms. The molecule has 2 nitrogen and oxygen atoms in total. The lowest BCUT2D eigenvalue weighted by Gasteiger charge is -2.41. The maximum absolute atomic E-state index is 3.70. The van der Waals surface area contributed by atoms with Crippen LogP contribution in [0.5, 0.6) is 0 Å². The normalized spacial score (nSPS) is 25.4. The third-order valence-corrected chi connectivity index (χ3v) is 3.82. The molecular weight excluding hydrogens is 184 g/mol. The first-order chi connectivity index (χ1) is 7.22. The minimum absolute atomic E-state index is 0.547. The van der Waals surface area contributed by atoms with E-state index in [1.807, 2.05) is 13.8 Å². The van der Waals surface area contributed by atoms with E-state index in [2.05, 4.69) is 24.1 Å². The van der Waals surface area contributed by atoms with E-state index >= 15 is 0 Å². The van der Waals surface area contributed by atoms with Crippen LogP contribution in [0.25, 0.3) is 0 Å². The van der Waals surface area contributed by atoms with E-state index in [9.17, 15) is 0 Å². The van der Waals surface area contributed by atoms with Gasteiger partial charge in [0.1, 0.15) is 0 Å². The van der Waals surface area contributed by atoms with Gasteiger partial charge in [0.05, 0.1) is 0 Å². The molecule has 0 aromatic rings. The average molecular weight is 212 g/mol. The summed E-state index contributed by atoms with van der Waals surface area (Å²) in [6.07, 6.45) is 5.54. The summed E-state index contributed by atoms with van der Waals surface area (Å²) in [7, 11) is 0. The number of hydrogen-bond donors (Lipinski definition) is 1. The van der Waals surface area contributed by atoms with Crippen LogP contribution in [0.2, 0.25) is 0 Å². The second-order valence-electron chi connectivity index (χ2n) is 4.94. The van der Waals surface area contributed by atoms with Crippen LogP contribution >= 0.6 is 0 Å². The van der Waals surface area contributed by atoms with Crippen molar-refractivity contribution in [2.24, 2.45) is 0 Å². The molecule has 2 saturated heterocycles. The Balaban J connectivity index is 0.000000531. The molecule has 0 atom stereocenters. The zero-order valence-corrected chi connectivity index (χ0v) is 11.0. The lowest BCUT2D eigenvalue weighted by Crippen LogP contribution is -2.51. The predicted octanol–water partition coefficient (Wildman–Crippen LogP) is 2.64. The SMILES string of the molecule is CC.CC(C)N1CCC2(CCCN2)CC1. The first-order valence-corrected chi connectivity index (χ1v) is 6.71. The molecule has 90 valence electrons. The van der Waals surface area contributed by atoms with Gasteiger partial charge in [0.25, 0.3) is 0 Å². The smallest absolute Gasteiger partial charge is 0.0206 e. The van der Waals surface area contributed by atoms with Crippen molar-refractivity contribution in [3.63, 3.8) is 0 Å². The van der Waals surface area contributed by atoms with Crippen LogP contribution in [0.15, 0.2) is 0 Å². The van der Waals surface area contributed by atoms with Crippen molar-refractivity contribution in [3.8, 4) is 0 Å². The topological polar surface area (TPSA) is 15.3 Å². The highest BCUT2D eigenvalue weighted by atomic mass is 15.2. The molecule has 0 aromatic heterocycles. The van der Waals surface area contributed by atoms with Gasteiger partial charge < -0.3 is 10.2 Å². The molecule has 1 spiro atoms. The molecule has 1 N–H and O–H groups in total. The molecule has 0 amide bonds. The Morgan fingerprint density at radius 2 is 1.67 bits per heavy atom. The summed E-state index contributed by atoms with van der Waals surface area (Å²) in [6, 6.07) is 0.735. The largest absolute Gasteiger partial charge is 0.311 e. The minimum atomic E-state index is 0.547. The second kappa shape index (κ2) is 5.86. The average Bonchev–Trinajstić information content (AvgIpc) is 2.70. The molecule has 0 aromatic carbocycles. The summed E-state index contributed by atoms with van der Waals surface area (Å²) >= 11 is 0. The van der Waals surface area contributed by atoms with Crippen molar-refractivity contribution < 1.29 is 0 Å². The third-order valence-electron chi connectivity index (χ3n) is 3.82.